The number of carbonyl (C=O) groups is 2. The lowest BCUT2D eigenvalue weighted by Gasteiger charge is -2.38. The first-order valence-corrected chi connectivity index (χ1v) is 9.83. The summed E-state index contributed by atoms with van der Waals surface area (Å²) in [6, 6.07) is 6.32. The number of nitrogens with two attached hydrogens (primary N) is 1. The highest BCUT2D eigenvalue weighted by atomic mass is 16.2. The fourth-order valence-corrected chi connectivity index (χ4v) is 3.86. The molecule has 7 heteroatoms. The second-order valence-corrected chi connectivity index (χ2v) is 7.42. The van der Waals surface area contributed by atoms with Gasteiger partial charge in [-0.05, 0) is 31.0 Å². The average molecular weight is 374 g/mol. The lowest BCUT2D eigenvalue weighted by Crippen LogP contribution is -2.56. The monoisotopic (exact) mass is 373 g/mol. The van der Waals surface area contributed by atoms with Crippen molar-refractivity contribution in [2.45, 2.75) is 13.8 Å². The molecule has 2 amide bonds. The third-order valence-corrected chi connectivity index (χ3v) is 5.77. The van der Waals surface area contributed by atoms with Gasteiger partial charge in [-0.2, -0.15) is 0 Å². The molecule has 1 aromatic rings. The molecule has 2 aliphatic rings. The Morgan fingerprint density at radius 2 is 1.44 bits per heavy atom. The molecule has 0 radical (unpaired) electrons. The molecule has 0 atom stereocenters. The summed E-state index contributed by atoms with van der Waals surface area (Å²) in [6.07, 6.45) is 0. The minimum atomic E-state index is -0.359. The molecular formula is C20H31N5O2. The molecule has 0 spiro atoms. The molecule has 3 rings (SSSR count). The van der Waals surface area contributed by atoms with E-state index in [4.69, 9.17) is 5.73 Å². The molecule has 27 heavy (non-hydrogen) atoms. The van der Waals surface area contributed by atoms with Gasteiger partial charge >= 0.3 is 11.8 Å². The van der Waals surface area contributed by atoms with E-state index in [0.29, 0.717) is 32.7 Å². The number of rotatable bonds is 3. The van der Waals surface area contributed by atoms with Crippen LogP contribution in [0.25, 0.3) is 0 Å². The number of aryl methyl sites for hydroxylation is 1. The van der Waals surface area contributed by atoms with Crippen molar-refractivity contribution in [3.05, 3.63) is 29.3 Å². The summed E-state index contributed by atoms with van der Waals surface area (Å²) in [5.41, 5.74) is 9.36. The molecule has 0 saturated carbocycles. The first-order chi connectivity index (χ1) is 13.0. The van der Waals surface area contributed by atoms with Gasteiger partial charge in [0.15, 0.2) is 0 Å². The van der Waals surface area contributed by atoms with Crippen molar-refractivity contribution >= 4 is 17.5 Å². The minimum Gasteiger partial charge on any atom is -0.368 e. The maximum Gasteiger partial charge on any atom is 0.312 e. The second kappa shape index (κ2) is 8.71. The van der Waals surface area contributed by atoms with Crippen LogP contribution in [0.1, 0.15) is 11.1 Å². The minimum absolute atomic E-state index is 0.358. The maximum absolute atomic E-state index is 12.7. The Morgan fingerprint density at radius 1 is 0.889 bits per heavy atom. The van der Waals surface area contributed by atoms with Crippen molar-refractivity contribution in [3.8, 4) is 0 Å². The predicted molar refractivity (Wildman–Crippen MR) is 107 cm³/mol. The van der Waals surface area contributed by atoms with Crippen molar-refractivity contribution in [2.75, 3.05) is 70.3 Å². The second-order valence-electron chi connectivity index (χ2n) is 7.42. The highest BCUT2D eigenvalue weighted by Crippen LogP contribution is 2.24. The van der Waals surface area contributed by atoms with Gasteiger partial charge in [0.1, 0.15) is 0 Å². The third-order valence-electron chi connectivity index (χ3n) is 5.77. The lowest BCUT2D eigenvalue weighted by atomic mass is 10.1. The summed E-state index contributed by atoms with van der Waals surface area (Å²) in [7, 11) is 0. The molecule has 148 valence electrons. The molecule has 0 aromatic heterocycles. The van der Waals surface area contributed by atoms with Crippen LogP contribution >= 0.6 is 0 Å². The topological polar surface area (TPSA) is 73.1 Å². The lowest BCUT2D eigenvalue weighted by molar-refractivity contribution is -0.153. The quantitative estimate of drug-likeness (QED) is 0.759. The summed E-state index contributed by atoms with van der Waals surface area (Å²) in [6.45, 7) is 11.2. The maximum atomic E-state index is 12.7. The third kappa shape index (κ3) is 4.42. The van der Waals surface area contributed by atoms with Gasteiger partial charge in [0, 0.05) is 71.1 Å². The molecular weight excluding hydrogens is 342 g/mol. The van der Waals surface area contributed by atoms with Crippen LogP contribution in [0.15, 0.2) is 18.2 Å². The van der Waals surface area contributed by atoms with Crippen LogP contribution in [-0.2, 0) is 9.59 Å². The Labute approximate surface area is 161 Å². The summed E-state index contributed by atoms with van der Waals surface area (Å²) >= 11 is 0. The van der Waals surface area contributed by atoms with E-state index in [9.17, 15) is 9.59 Å². The molecule has 2 N–H and O–H groups in total. The highest BCUT2D eigenvalue weighted by molar-refractivity contribution is 6.35. The molecule has 2 heterocycles. The molecule has 7 nitrogen and oxygen atoms in total. The van der Waals surface area contributed by atoms with E-state index in [1.54, 1.807) is 9.80 Å². The van der Waals surface area contributed by atoms with Crippen LogP contribution in [0.3, 0.4) is 0 Å². The van der Waals surface area contributed by atoms with E-state index in [-0.39, 0.29) is 11.8 Å². The molecule has 0 aliphatic carbocycles. The van der Waals surface area contributed by atoms with Crippen LogP contribution in [0.2, 0.25) is 0 Å². The van der Waals surface area contributed by atoms with Crippen molar-refractivity contribution in [3.63, 3.8) is 0 Å². The van der Waals surface area contributed by atoms with Crippen molar-refractivity contribution in [2.24, 2.45) is 5.73 Å². The van der Waals surface area contributed by atoms with Crippen LogP contribution in [0.5, 0.6) is 0 Å². The number of hydrogen-bond acceptors (Lipinski definition) is 5. The van der Waals surface area contributed by atoms with Gasteiger partial charge in [0.25, 0.3) is 0 Å². The van der Waals surface area contributed by atoms with Gasteiger partial charge < -0.3 is 20.4 Å². The number of anilines is 1. The number of carbonyl (C=O) groups excluding carboxylic acids is 2. The van der Waals surface area contributed by atoms with Crippen molar-refractivity contribution in [1.82, 2.24) is 14.7 Å². The zero-order chi connectivity index (χ0) is 19.4. The average Bonchev–Trinajstić information content (AvgIpc) is 2.70. The SMILES string of the molecule is Cc1cccc(N2CCN(C(=O)C(=O)N3CCN(CCN)CC3)CC2)c1C. The van der Waals surface area contributed by atoms with E-state index >= 15 is 0 Å². The summed E-state index contributed by atoms with van der Waals surface area (Å²) < 4.78 is 0. The first kappa shape index (κ1) is 19.6. The van der Waals surface area contributed by atoms with Crippen LogP contribution in [0.4, 0.5) is 5.69 Å². The molecule has 2 saturated heterocycles. The molecule has 2 aliphatic heterocycles. The highest BCUT2D eigenvalue weighted by Gasteiger charge is 2.31. The standard InChI is InChI=1S/C20H31N5O2/c1-16-4-3-5-18(17(16)2)23-12-14-25(15-13-23)20(27)19(26)24-10-8-22(7-6-21)9-11-24/h3-5H,6-15,21H2,1-2H3. The smallest absolute Gasteiger partial charge is 0.312 e. The van der Waals surface area contributed by atoms with Gasteiger partial charge in [-0.3, -0.25) is 14.5 Å². The van der Waals surface area contributed by atoms with Gasteiger partial charge in [0.2, 0.25) is 0 Å². The van der Waals surface area contributed by atoms with Crippen molar-refractivity contribution < 1.29 is 9.59 Å². The van der Waals surface area contributed by atoms with Crippen molar-refractivity contribution in [1.29, 1.82) is 0 Å². The molecule has 2 fully saturated rings. The Bertz CT molecular complexity index is 677. The Kier molecular flexibility index (Phi) is 6.34. The summed E-state index contributed by atoms with van der Waals surface area (Å²) in [5.74, 6) is -0.717. The van der Waals surface area contributed by atoms with Gasteiger partial charge in [-0.15, -0.1) is 0 Å². The molecule has 0 unspecified atom stereocenters. The van der Waals surface area contributed by atoms with E-state index in [2.05, 4.69) is 41.8 Å². The van der Waals surface area contributed by atoms with E-state index < -0.39 is 0 Å². The number of amides is 2. The molecule has 0 bridgehead atoms. The summed E-state index contributed by atoms with van der Waals surface area (Å²) in [5, 5.41) is 0. The van der Waals surface area contributed by atoms with E-state index in [0.717, 1.165) is 32.7 Å². The zero-order valence-corrected chi connectivity index (χ0v) is 16.5. The van der Waals surface area contributed by atoms with E-state index in [1.165, 1.54) is 16.8 Å². The number of benzene rings is 1. The van der Waals surface area contributed by atoms with Gasteiger partial charge in [0.05, 0.1) is 0 Å². The van der Waals surface area contributed by atoms with Gasteiger partial charge in [-0.1, -0.05) is 12.1 Å². The molecule has 1 aromatic carbocycles. The largest absolute Gasteiger partial charge is 0.368 e. The predicted octanol–water partition coefficient (Wildman–Crippen LogP) is 0.0549. The summed E-state index contributed by atoms with van der Waals surface area (Å²) in [4.78, 5) is 33.2. The first-order valence-electron chi connectivity index (χ1n) is 9.83. The normalized spacial score (nSPS) is 18.7. The number of hydrogen-bond donors (Lipinski definition) is 1. The Hall–Kier alpha value is -2.12. The fraction of sp³-hybridized carbons (Fsp3) is 0.600. The fourth-order valence-electron chi connectivity index (χ4n) is 3.86. The zero-order valence-electron chi connectivity index (χ0n) is 16.5. The number of piperazine rings is 2. The van der Waals surface area contributed by atoms with Crippen LogP contribution in [0, 0.1) is 13.8 Å². The van der Waals surface area contributed by atoms with Crippen LogP contribution < -0.4 is 10.6 Å². The number of nitrogens with zero attached hydrogens (tertiary/aromatic N) is 4. The van der Waals surface area contributed by atoms with E-state index in [1.807, 2.05) is 0 Å². The Morgan fingerprint density at radius 3 is 2.00 bits per heavy atom. The Balaban J connectivity index is 1.52. The van der Waals surface area contributed by atoms with Crippen LogP contribution in [-0.4, -0.2) is 92.0 Å². The van der Waals surface area contributed by atoms with Gasteiger partial charge in [-0.25, -0.2) is 0 Å².